The molecule has 0 amide bonds. The summed E-state index contributed by atoms with van der Waals surface area (Å²) in [6.45, 7) is 9.06. The van der Waals surface area contributed by atoms with Crippen molar-refractivity contribution in [1.29, 1.82) is 0 Å². The second-order valence-electron chi connectivity index (χ2n) is 11.2. The number of carboxylic acids is 1. The van der Waals surface area contributed by atoms with Crippen LogP contribution < -0.4 is 0 Å². The van der Waals surface area contributed by atoms with Crippen molar-refractivity contribution < 1.29 is 9.90 Å². The van der Waals surface area contributed by atoms with Gasteiger partial charge >= 0.3 is 5.97 Å². The van der Waals surface area contributed by atoms with E-state index in [1.54, 1.807) is 0 Å². The number of rotatable bonds is 27. The quantitative estimate of drug-likeness (QED) is 0.119. The molecule has 2 unspecified atom stereocenters. The Balaban J connectivity index is 5.10. The SMILES string of the molecule is CCCCCCCCCCC(CCCCCCCC)(C(=O)O)C(CCCC)CCCCCCC. The minimum absolute atomic E-state index is 0.367. The lowest BCUT2D eigenvalue weighted by atomic mass is 9.65. The predicted octanol–water partition coefficient (Wildman–Crippen LogP) is 11.5. The fourth-order valence-electron chi connectivity index (χ4n) is 5.86. The average molecular weight is 481 g/mol. The van der Waals surface area contributed by atoms with E-state index in [1.165, 1.54) is 122 Å². The van der Waals surface area contributed by atoms with Crippen LogP contribution in [0.2, 0.25) is 0 Å². The van der Waals surface area contributed by atoms with E-state index < -0.39 is 11.4 Å². The Morgan fingerprint density at radius 1 is 0.500 bits per heavy atom. The molecule has 2 atom stereocenters. The lowest BCUT2D eigenvalue weighted by molar-refractivity contribution is -0.155. The third-order valence-electron chi connectivity index (χ3n) is 8.22. The second kappa shape index (κ2) is 24.2. The molecule has 0 bridgehead atoms. The summed E-state index contributed by atoms with van der Waals surface area (Å²) in [5.74, 6) is -0.106. The number of unbranched alkanes of at least 4 members (excludes halogenated alkanes) is 17. The monoisotopic (exact) mass is 480 g/mol. The first-order valence-electron chi connectivity index (χ1n) is 15.8. The van der Waals surface area contributed by atoms with E-state index in [-0.39, 0.29) is 0 Å². The van der Waals surface area contributed by atoms with Crippen LogP contribution in [0.4, 0.5) is 0 Å². The molecule has 0 spiro atoms. The lowest BCUT2D eigenvalue weighted by Gasteiger charge is -2.38. The summed E-state index contributed by atoms with van der Waals surface area (Å²) in [5.41, 5.74) is -0.479. The zero-order valence-corrected chi connectivity index (χ0v) is 24.1. The van der Waals surface area contributed by atoms with Crippen LogP contribution in [0, 0.1) is 11.3 Å². The van der Waals surface area contributed by atoms with Gasteiger partial charge in [-0.15, -0.1) is 0 Å². The molecule has 2 heteroatoms. The van der Waals surface area contributed by atoms with E-state index in [2.05, 4.69) is 27.7 Å². The summed E-state index contributed by atoms with van der Waals surface area (Å²) in [6.07, 6.45) is 30.6. The molecule has 2 nitrogen and oxygen atoms in total. The highest BCUT2D eigenvalue weighted by Gasteiger charge is 2.43. The Hall–Kier alpha value is -0.530. The van der Waals surface area contributed by atoms with Gasteiger partial charge in [0.15, 0.2) is 0 Å². The molecule has 0 radical (unpaired) electrons. The molecular weight excluding hydrogens is 416 g/mol. The van der Waals surface area contributed by atoms with Crippen LogP contribution in [0.25, 0.3) is 0 Å². The Morgan fingerprint density at radius 2 is 0.824 bits per heavy atom. The summed E-state index contributed by atoms with van der Waals surface area (Å²) in [4.78, 5) is 13.0. The number of hydrogen-bond donors (Lipinski definition) is 1. The predicted molar refractivity (Wildman–Crippen MR) is 152 cm³/mol. The van der Waals surface area contributed by atoms with Gasteiger partial charge in [-0.25, -0.2) is 0 Å². The standard InChI is InChI=1S/C32H64O2/c1-5-9-13-16-18-19-22-25-29-32(31(33)34,28-24-21-17-14-10-6-2)30(26-12-8-4)27-23-20-15-11-7-3/h30H,5-29H2,1-4H3,(H,33,34). The first kappa shape index (κ1) is 33.5. The van der Waals surface area contributed by atoms with Gasteiger partial charge < -0.3 is 5.11 Å². The summed E-state index contributed by atoms with van der Waals surface area (Å²) >= 11 is 0. The molecule has 1 N–H and O–H groups in total. The fourth-order valence-corrected chi connectivity index (χ4v) is 5.86. The van der Waals surface area contributed by atoms with Crippen molar-refractivity contribution >= 4 is 5.97 Å². The van der Waals surface area contributed by atoms with Crippen LogP contribution in [-0.4, -0.2) is 11.1 Å². The molecule has 204 valence electrons. The zero-order chi connectivity index (χ0) is 25.3. The van der Waals surface area contributed by atoms with Gasteiger partial charge in [0, 0.05) is 0 Å². The highest BCUT2D eigenvalue weighted by molar-refractivity contribution is 5.75. The molecule has 0 aromatic rings. The molecule has 0 fully saturated rings. The summed E-state index contributed by atoms with van der Waals surface area (Å²) in [5, 5.41) is 10.7. The Bertz CT molecular complexity index is 433. The van der Waals surface area contributed by atoms with Gasteiger partial charge in [0.1, 0.15) is 0 Å². The molecule has 0 aliphatic heterocycles. The van der Waals surface area contributed by atoms with Crippen molar-refractivity contribution in [2.75, 3.05) is 0 Å². The van der Waals surface area contributed by atoms with E-state index in [1.807, 2.05) is 0 Å². The molecule has 34 heavy (non-hydrogen) atoms. The average Bonchev–Trinajstić information content (AvgIpc) is 2.83. The summed E-state index contributed by atoms with van der Waals surface area (Å²) in [6, 6.07) is 0. The Labute approximate surface area is 215 Å². The minimum Gasteiger partial charge on any atom is -0.481 e. The van der Waals surface area contributed by atoms with Crippen LogP contribution in [-0.2, 0) is 4.79 Å². The Morgan fingerprint density at radius 3 is 1.21 bits per heavy atom. The summed E-state index contributed by atoms with van der Waals surface area (Å²) in [7, 11) is 0. The van der Waals surface area contributed by atoms with Gasteiger partial charge in [0.2, 0.25) is 0 Å². The third-order valence-corrected chi connectivity index (χ3v) is 8.22. The number of carboxylic acid groups (broad SMARTS) is 1. The molecule has 0 aromatic heterocycles. The maximum absolute atomic E-state index is 13.0. The fraction of sp³-hybridized carbons (Fsp3) is 0.969. The molecule has 0 saturated carbocycles. The van der Waals surface area contributed by atoms with Crippen LogP contribution in [0.15, 0.2) is 0 Å². The Kier molecular flexibility index (Phi) is 23.8. The van der Waals surface area contributed by atoms with E-state index in [9.17, 15) is 9.90 Å². The van der Waals surface area contributed by atoms with Crippen LogP contribution in [0.1, 0.15) is 188 Å². The lowest BCUT2D eigenvalue weighted by Crippen LogP contribution is -2.39. The normalized spacial score (nSPS) is 14.2. The van der Waals surface area contributed by atoms with Crippen molar-refractivity contribution in [3.63, 3.8) is 0 Å². The van der Waals surface area contributed by atoms with Crippen molar-refractivity contribution in [2.45, 2.75) is 188 Å². The molecule has 0 aliphatic rings. The molecular formula is C32H64O2. The maximum Gasteiger partial charge on any atom is 0.309 e. The number of carbonyl (C=O) groups is 1. The van der Waals surface area contributed by atoms with E-state index in [0.29, 0.717) is 5.92 Å². The minimum atomic E-state index is -0.479. The zero-order valence-electron chi connectivity index (χ0n) is 24.1. The first-order valence-corrected chi connectivity index (χ1v) is 15.8. The highest BCUT2D eigenvalue weighted by atomic mass is 16.4. The van der Waals surface area contributed by atoms with Gasteiger partial charge in [0.25, 0.3) is 0 Å². The molecule has 0 aliphatic carbocycles. The van der Waals surface area contributed by atoms with Crippen molar-refractivity contribution in [3.05, 3.63) is 0 Å². The van der Waals surface area contributed by atoms with Gasteiger partial charge in [0.05, 0.1) is 5.41 Å². The van der Waals surface area contributed by atoms with E-state index in [4.69, 9.17) is 0 Å². The van der Waals surface area contributed by atoms with Crippen LogP contribution in [0.5, 0.6) is 0 Å². The molecule has 0 saturated heterocycles. The first-order chi connectivity index (χ1) is 16.6. The van der Waals surface area contributed by atoms with Gasteiger partial charge in [-0.2, -0.15) is 0 Å². The topological polar surface area (TPSA) is 37.3 Å². The van der Waals surface area contributed by atoms with Gasteiger partial charge in [-0.1, -0.05) is 163 Å². The molecule has 0 heterocycles. The molecule has 0 rings (SSSR count). The molecule has 0 aromatic carbocycles. The third kappa shape index (κ3) is 16.2. The number of hydrogen-bond acceptors (Lipinski definition) is 1. The number of aliphatic carboxylic acids is 1. The van der Waals surface area contributed by atoms with Crippen molar-refractivity contribution in [2.24, 2.45) is 11.3 Å². The second-order valence-corrected chi connectivity index (χ2v) is 11.2. The van der Waals surface area contributed by atoms with E-state index >= 15 is 0 Å². The smallest absolute Gasteiger partial charge is 0.309 e. The van der Waals surface area contributed by atoms with Crippen molar-refractivity contribution in [3.8, 4) is 0 Å². The summed E-state index contributed by atoms with van der Waals surface area (Å²) < 4.78 is 0. The van der Waals surface area contributed by atoms with Gasteiger partial charge in [-0.05, 0) is 31.6 Å². The van der Waals surface area contributed by atoms with E-state index in [0.717, 1.165) is 38.5 Å². The largest absolute Gasteiger partial charge is 0.481 e. The van der Waals surface area contributed by atoms with Crippen LogP contribution >= 0.6 is 0 Å². The van der Waals surface area contributed by atoms with Crippen LogP contribution in [0.3, 0.4) is 0 Å². The van der Waals surface area contributed by atoms with Crippen molar-refractivity contribution in [1.82, 2.24) is 0 Å². The highest BCUT2D eigenvalue weighted by Crippen LogP contribution is 2.45. The maximum atomic E-state index is 13.0. The van der Waals surface area contributed by atoms with Gasteiger partial charge in [-0.3, -0.25) is 4.79 Å².